The van der Waals surface area contributed by atoms with E-state index < -0.39 is 18.1 Å². The van der Waals surface area contributed by atoms with Crippen LogP contribution in [0.15, 0.2) is 91.0 Å². The summed E-state index contributed by atoms with van der Waals surface area (Å²) >= 11 is 0. The minimum Gasteiger partial charge on any atom is -0.459 e. The summed E-state index contributed by atoms with van der Waals surface area (Å²) in [4.78, 5) is 26.7. The Labute approximate surface area is 208 Å². The van der Waals surface area contributed by atoms with Gasteiger partial charge in [0.1, 0.15) is 12.6 Å². The lowest BCUT2D eigenvalue weighted by molar-refractivity contribution is -0.149. The quantitative estimate of drug-likeness (QED) is 0.397. The van der Waals surface area contributed by atoms with Crippen molar-refractivity contribution < 1.29 is 14.3 Å². The number of rotatable bonds is 10. The van der Waals surface area contributed by atoms with E-state index in [0.717, 1.165) is 16.7 Å². The number of ether oxygens (including phenoxy) is 1. The first-order chi connectivity index (χ1) is 16.7. The molecule has 5 nitrogen and oxygen atoms in total. The van der Waals surface area contributed by atoms with E-state index in [-0.39, 0.29) is 24.0 Å². The van der Waals surface area contributed by atoms with Gasteiger partial charge in [-0.2, -0.15) is 0 Å². The molecule has 0 radical (unpaired) electrons. The second-order valence-corrected chi connectivity index (χ2v) is 9.94. The maximum absolute atomic E-state index is 13.6. The zero-order valence-corrected chi connectivity index (χ0v) is 21.0. The Morgan fingerprint density at radius 2 is 1.31 bits per heavy atom. The number of carbonyl (C=O) groups is 2. The van der Waals surface area contributed by atoms with E-state index in [1.807, 2.05) is 119 Å². The molecular formula is C30H36N2O3. The summed E-state index contributed by atoms with van der Waals surface area (Å²) in [7, 11) is 0. The van der Waals surface area contributed by atoms with Crippen molar-refractivity contribution >= 4 is 11.9 Å². The molecule has 3 rings (SSSR count). The SMILES string of the molecule is C[C@H](N[C@H](C(=O)N[C@@H](Cc1ccccc1)C(=O)OCc1ccccc1)C(C)(C)C)c1ccccc1. The molecule has 0 bridgehead atoms. The van der Waals surface area contributed by atoms with Crippen molar-refractivity contribution in [2.24, 2.45) is 5.41 Å². The first-order valence-electron chi connectivity index (χ1n) is 12.1. The summed E-state index contributed by atoms with van der Waals surface area (Å²) in [6.45, 7) is 8.25. The second kappa shape index (κ2) is 12.3. The van der Waals surface area contributed by atoms with Crippen molar-refractivity contribution in [1.29, 1.82) is 0 Å². The molecule has 2 N–H and O–H groups in total. The molecule has 184 valence electrons. The fraction of sp³-hybridized carbons (Fsp3) is 0.333. The van der Waals surface area contributed by atoms with Crippen molar-refractivity contribution in [2.75, 3.05) is 0 Å². The molecular weight excluding hydrogens is 436 g/mol. The maximum Gasteiger partial charge on any atom is 0.329 e. The van der Waals surface area contributed by atoms with E-state index in [9.17, 15) is 9.59 Å². The topological polar surface area (TPSA) is 67.4 Å². The summed E-state index contributed by atoms with van der Waals surface area (Å²) in [5, 5.41) is 6.46. The highest BCUT2D eigenvalue weighted by Gasteiger charge is 2.35. The van der Waals surface area contributed by atoms with Gasteiger partial charge in [-0.15, -0.1) is 0 Å². The van der Waals surface area contributed by atoms with E-state index in [2.05, 4.69) is 10.6 Å². The minimum atomic E-state index is -0.799. The molecule has 5 heteroatoms. The van der Waals surface area contributed by atoms with Crippen molar-refractivity contribution in [3.8, 4) is 0 Å². The zero-order chi connectivity index (χ0) is 25.3. The predicted octanol–water partition coefficient (Wildman–Crippen LogP) is 5.22. The van der Waals surface area contributed by atoms with Crippen molar-refractivity contribution in [1.82, 2.24) is 10.6 Å². The van der Waals surface area contributed by atoms with Crippen molar-refractivity contribution in [3.63, 3.8) is 0 Å². The average molecular weight is 473 g/mol. The smallest absolute Gasteiger partial charge is 0.329 e. The monoisotopic (exact) mass is 472 g/mol. The lowest BCUT2D eigenvalue weighted by Gasteiger charge is -2.34. The predicted molar refractivity (Wildman–Crippen MR) is 140 cm³/mol. The van der Waals surface area contributed by atoms with Gasteiger partial charge in [-0.05, 0) is 29.0 Å². The van der Waals surface area contributed by atoms with E-state index in [1.165, 1.54) is 0 Å². The molecule has 0 aromatic heterocycles. The van der Waals surface area contributed by atoms with Crippen LogP contribution in [-0.2, 0) is 27.4 Å². The number of esters is 1. The standard InChI is InChI=1S/C30H36N2O3/c1-22(25-18-12-7-13-19-25)31-27(30(2,3)4)28(33)32-26(20-23-14-8-5-9-15-23)29(34)35-21-24-16-10-6-11-17-24/h5-19,22,26-27,31H,20-21H2,1-4H3,(H,32,33)/t22-,26-,27+/m0/s1. The highest BCUT2D eigenvalue weighted by atomic mass is 16.5. The number of hydrogen-bond donors (Lipinski definition) is 2. The zero-order valence-electron chi connectivity index (χ0n) is 21.0. The lowest BCUT2D eigenvalue weighted by atomic mass is 9.85. The average Bonchev–Trinajstić information content (AvgIpc) is 2.86. The summed E-state index contributed by atoms with van der Waals surface area (Å²) in [5.41, 5.74) is 2.57. The molecule has 0 aliphatic rings. The van der Waals surface area contributed by atoms with E-state index in [0.29, 0.717) is 6.42 Å². The fourth-order valence-corrected chi connectivity index (χ4v) is 3.93. The third-order valence-electron chi connectivity index (χ3n) is 5.95. The minimum absolute atomic E-state index is 0.0382. The van der Waals surface area contributed by atoms with Crippen molar-refractivity contribution in [2.45, 2.75) is 58.8 Å². The molecule has 3 atom stereocenters. The van der Waals surface area contributed by atoms with Gasteiger partial charge in [-0.3, -0.25) is 10.1 Å². The second-order valence-electron chi connectivity index (χ2n) is 9.94. The van der Waals surface area contributed by atoms with Crippen LogP contribution in [0.1, 0.15) is 50.4 Å². The molecule has 0 unspecified atom stereocenters. The van der Waals surface area contributed by atoms with Gasteiger partial charge in [0.25, 0.3) is 0 Å². The highest BCUT2D eigenvalue weighted by molar-refractivity contribution is 5.88. The van der Waals surface area contributed by atoms with Crippen LogP contribution in [0, 0.1) is 5.41 Å². The molecule has 35 heavy (non-hydrogen) atoms. The summed E-state index contributed by atoms with van der Waals surface area (Å²) in [6.07, 6.45) is 0.352. The molecule has 0 fully saturated rings. The van der Waals surface area contributed by atoms with Crippen LogP contribution in [0.5, 0.6) is 0 Å². The van der Waals surface area contributed by atoms with Gasteiger partial charge in [0.15, 0.2) is 0 Å². The molecule has 3 aromatic carbocycles. The van der Waals surface area contributed by atoms with Crippen LogP contribution in [0.4, 0.5) is 0 Å². The third kappa shape index (κ3) is 8.08. The molecule has 0 heterocycles. The Bertz CT molecular complexity index is 1060. The van der Waals surface area contributed by atoms with E-state index >= 15 is 0 Å². The van der Waals surface area contributed by atoms with Crippen LogP contribution < -0.4 is 10.6 Å². The van der Waals surface area contributed by atoms with Gasteiger partial charge in [-0.1, -0.05) is 112 Å². The van der Waals surface area contributed by atoms with Crippen LogP contribution in [0.2, 0.25) is 0 Å². The third-order valence-corrected chi connectivity index (χ3v) is 5.95. The first kappa shape index (κ1) is 26.2. The fourth-order valence-electron chi connectivity index (χ4n) is 3.93. The van der Waals surface area contributed by atoms with Crippen LogP contribution in [0.25, 0.3) is 0 Å². The number of hydrogen-bond acceptors (Lipinski definition) is 4. The van der Waals surface area contributed by atoms with E-state index in [1.54, 1.807) is 0 Å². The Morgan fingerprint density at radius 1 is 0.800 bits per heavy atom. The number of nitrogens with one attached hydrogen (secondary N) is 2. The Hall–Kier alpha value is -3.44. The molecule has 0 saturated heterocycles. The summed E-state index contributed by atoms with van der Waals surface area (Å²) in [5.74, 6) is -0.673. The molecule has 3 aromatic rings. The molecule has 0 saturated carbocycles. The number of benzene rings is 3. The normalized spacial score (nSPS) is 13.9. The summed E-state index contributed by atoms with van der Waals surface area (Å²) in [6, 6.07) is 27.9. The summed E-state index contributed by atoms with van der Waals surface area (Å²) < 4.78 is 5.61. The largest absolute Gasteiger partial charge is 0.459 e. The Kier molecular flexibility index (Phi) is 9.21. The van der Waals surface area contributed by atoms with Crippen LogP contribution in [-0.4, -0.2) is 24.0 Å². The maximum atomic E-state index is 13.6. The van der Waals surface area contributed by atoms with Gasteiger partial charge in [-0.25, -0.2) is 4.79 Å². The molecule has 0 aliphatic carbocycles. The Balaban J connectivity index is 1.75. The van der Waals surface area contributed by atoms with Crippen LogP contribution >= 0.6 is 0 Å². The van der Waals surface area contributed by atoms with Gasteiger partial charge in [0.2, 0.25) is 5.91 Å². The molecule has 0 aliphatic heterocycles. The number of amides is 1. The van der Waals surface area contributed by atoms with Crippen LogP contribution in [0.3, 0.4) is 0 Å². The first-order valence-corrected chi connectivity index (χ1v) is 12.1. The van der Waals surface area contributed by atoms with E-state index in [4.69, 9.17) is 4.74 Å². The molecule has 0 spiro atoms. The highest BCUT2D eigenvalue weighted by Crippen LogP contribution is 2.23. The van der Waals surface area contributed by atoms with Crippen molar-refractivity contribution in [3.05, 3.63) is 108 Å². The Morgan fingerprint density at radius 3 is 1.86 bits per heavy atom. The van der Waals surface area contributed by atoms with Gasteiger partial charge < -0.3 is 10.1 Å². The number of carbonyl (C=O) groups excluding carboxylic acids is 2. The molecule has 1 amide bonds. The van der Waals surface area contributed by atoms with Gasteiger partial charge >= 0.3 is 5.97 Å². The van der Waals surface area contributed by atoms with Gasteiger partial charge in [0, 0.05) is 12.5 Å². The van der Waals surface area contributed by atoms with Gasteiger partial charge in [0.05, 0.1) is 6.04 Å². The lowest BCUT2D eigenvalue weighted by Crippen LogP contribution is -2.56.